The highest BCUT2D eigenvalue weighted by atomic mass is 32.2. The van der Waals surface area contributed by atoms with E-state index in [0.29, 0.717) is 12.6 Å². The molecule has 0 amide bonds. The van der Waals surface area contributed by atoms with Gasteiger partial charge in [-0.15, -0.1) is 0 Å². The molecule has 0 spiro atoms. The number of sulfone groups is 1. The van der Waals surface area contributed by atoms with E-state index in [0.717, 1.165) is 12.5 Å². The Morgan fingerprint density at radius 2 is 1.88 bits per heavy atom. The molecule has 0 saturated carbocycles. The molecule has 0 aromatic carbocycles. The summed E-state index contributed by atoms with van der Waals surface area (Å²) in [5.74, 6) is 0.746. The maximum absolute atomic E-state index is 11.6. The number of nitrogens with one attached hydrogen (secondary N) is 1. The second kappa shape index (κ2) is 4.52. The third kappa shape index (κ3) is 2.83. The highest BCUT2D eigenvalue weighted by Crippen LogP contribution is 2.28. The molecule has 5 heteroatoms. The number of hydrogen-bond acceptors (Lipinski definition) is 4. The van der Waals surface area contributed by atoms with Gasteiger partial charge in [-0.2, -0.15) is 0 Å². The van der Waals surface area contributed by atoms with Crippen molar-refractivity contribution >= 4 is 9.84 Å². The first kappa shape index (κ1) is 13.3. The largest absolute Gasteiger partial charge is 0.311 e. The fraction of sp³-hybridized carbons (Fsp3) is 1.00. The number of fused-ring (bicyclic) bond motifs is 3. The van der Waals surface area contributed by atoms with Crippen LogP contribution in [0.2, 0.25) is 0 Å². The predicted octanol–water partition coefficient (Wildman–Crippen LogP) is 0.493. The maximum Gasteiger partial charge on any atom is 0.153 e. The lowest BCUT2D eigenvalue weighted by Crippen LogP contribution is -2.58. The van der Waals surface area contributed by atoms with Crippen LogP contribution in [0.4, 0.5) is 0 Å². The van der Waals surface area contributed by atoms with Crippen LogP contribution in [0.15, 0.2) is 0 Å². The lowest BCUT2D eigenvalue weighted by atomic mass is 9.84. The van der Waals surface area contributed by atoms with Crippen LogP contribution in [0.1, 0.15) is 26.7 Å². The molecule has 3 aliphatic rings. The van der Waals surface area contributed by atoms with Crippen LogP contribution < -0.4 is 5.32 Å². The fourth-order valence-corrected chi connectivity index (χ4v) is 3.05. The SMILES string of the molecule is CC(C)(CNC1CN2CCC1CC2)S(C)(=O)=O. The van der Waals surface area contributed by atoms with Crippen molar-refractivity contribution in [1.29, 1.82) is 0 Å². The highest BCUT2D eigenvalue weighted by molar-refractivity contribution is 7.92. The molecule has 0 aromatic heterocycles. The summed E-state index contributed by atoms with van der Waals surface area (Å²) in [7, 11) is -2.99. The van der Waals surface area contributed by atoms with Gasteiger partial charge in [0.1, 0.15) is 0 Å². The van der Waals surface area contributed by atoms with Gasteiger partial charge in [-0.25, -0.2) is 8.42 Å². The molecule has 0 aromatic rings. The summed E-state index contributed by atoms with van der Waals surface area (Å²) in [4.78, 5) is 2.48. The normalized spacial score (nSPS) is 33.9. The first-order valence-electron chi connectivity index (χ1n) is 6.45. The van der Waals surface area contributed by atoms with E-state index < -0.39 is 14.6 Å². The monoisotopic (exact) mass is 260 g/mol. The van der Waals surface area contributed by atoms with E-state index in [1.165, 1.54) is 32.2 Å². The van der Waals surface area contributed by atoms with Gasteiger partial charge in [-0.1, -0.05) is 0 Å². The molecule has 1 N–H and O–H groups in total. The topological polar surface area (TPSA) is 49.4 Å². The second-order valence-corrected chi connectivity index (χ2v) is 8.81. The molecule has 3 fully saturated rings. The maximum atomic E-state index is 11.6. The van der Waals surface area contributed by atoms with Crippen molar-refractivity contribution in [3.05, 3.63) is 0 Å². The van der Waals surface area contributed by atoms with E-state index in [1.54, 1.807) is 13.8 Å². The second-order valence-electron chi connectivity index (χ2n) is 6.16. The molecule has 4 nitrogen and oxygen atoms in total. The summed E-state index contributed by atoms with van der Waals surface area (Å²) in [5, 5.41) is 3.48. The van der Waals surface area contributed by atoms with Crippen LogP contribution in [0.3, 0.4) is 0 Å². The Morgan fingerprint density at radius 3 is 2.29 bits per heavy atom. The van der Waals surface area contributed by atoms with Crippen molar-refractivity contribution in [3.8, 4) is 0 Å². The Balaban J connectivity index is 1.91. The zero-order valence-corrected chi connectivity index (χ0v) is 11.9. The van der Waals surface area contributed by atoms with Crippen molar-refractivity contribution < 1.29 is 8.42 Å². The molecule has 3 aliphatic heterocycles. The molecule has 1 atom stereocenters. The molecular formula is C12H24N2O2S. The number of rotatable bonds is 4. The van der Waals surface area contributed by atoms with Crippen LogP contribution in [-0.2, 0) is 9.84 Å². The Labute approximate surface area is 105 Å². The first-order valence-corrected chi connectivity index (χ1v) is 8.34. The molecule has 2 bridgehead atoms. The Bertz CT molecular complexity index is 370. The summed E-state index contributed by atoms with van der Waals surface area (Å²) in [6.07, 6.45) is 3.85. The van der Waals surface area contributed by atoms with E-state index in [2.05, 4.69) is 10.2 Å². The van der Waals surface area contributed by atoms with Crippen LogP contribution in [-0.4, -0.2) is 56.5 Å². The van der Waals surface area contributed by atoms with E-state index in [4.69, 9.17) is 0 Å². The molecule has 3 saturated heterocycles. The van der Waals surface area contributed by atoms with Gasteiger partial charge >= 0.3 is 0 Å². The number of piperidine rings is 3. The molecule has 17 heavy (non-hydrogen) atoms. The molecule has 100 valence electrons. The van der Waals surface area contributed by atoms with Crippen molar-refractivity contribution in [2.45, 2.75) is 37.5 Å². The van der Waals surface area contributed by atoms with Crippen LogP contribution in [0.5, 0.6) is 0 Å². The van der Waals surface area contributed by atoms with Crippen LogP contribution >= 0.6 is 0 Å². The van der Waals surface area contributed by atoms with Gasteiger partial charge in [0.15, 0.2) is 9.84 Å². The van der Waals surface area contributed by atoms with Crippen molar-refractivity contribution in [2.75, 3.05) is 32.4 Å². The van der Waals surface area contributed by atoms with E-state index in [9.17, 15) is 8.42 Å². The van der Waals surface area contributed by atoms with E-state index >= 15 is 0 Å². The van der Waals surface area contributed by atoms with Crippen LogP contribution in [0.25, 0.3) is 0 Å². The summed E-state index contributed by atoms with van der Waals surface area (Å²) in [6, 6.07) is 0.485. The average molecular weight is 260 g/mol. The van der Waals surface area contributed by atoms with E-state index in [1.807, 2.05) is 0 Å². The van der Waals surface area contributed by atoms with Crippen molar-refractivity contribution in [1.82, 2.24) is 10.2 Å². The minimum atomic E-state index is -2.99. The van der Waals surface area contributed by atoms with Gasteiger partial charge in [0, 0.05) is 25.4 Å². The van der Waals surface area contributed by atoms with Crippen molar-refractivity contribution in [2.24, 2.45) is 5.92 Å². The Morgan fingerprint density at radius 1 is 1.29 bits per heavy atom. The quantitative estimate of drug-likeness (QED) is 0.799. The standard InChI is InChI=1S/C12H24N2O2S/c1-12(2,17(3,15)16)9-13-11-8-14-6-4-10(11)5-7-14/h10-11,13H,4-9H2,1-3H3. The molecule has 0 aliphatic carbocycles. The minimum Gasteiger partial charge on any atom is -0.311 e. The summed E-state index contributed by atoms with van der Waals surface area (Å²) in [5.41, 5.74) is 0. The minimum absolute atomic E-state index is 0.485. The lowest BCUT2D eigenvalue weighted by molar-refractivity contribution is 0.0719. The molecule has 3 rings (SSSR count). The summed E-state index contributed by atoms with van der Waals surface area (Å²) >= 11 is 0. The fourth-order valence-electron chi connectivity index (χ4n) is 2.70. The molecule has 0 radical (unpaired) electrons. The smallest absolute Gasteiger partial charge is 0.153 e. The predicted molar refractivity (Wildman–Crippen MR) is 69.9 cm³/mol. The molecule has 3 heterocycles. The third-order valence-electron chi connectivity index (χ3n) is 4.45. The summed E-state index contributed by atoms with van der Waals surface area (Å²) < 4.78 is 22.6. The number of nitrogens with zero attached hydrogens (tertiary/aromatic N) is 1. The van der Waals surface area contributed by atoms with Crippen LogP contribution in [0, 0.1) is 5.92 Å². The van der Waals surface area contributed by atoms with Gasteiger partial charge in [-0.05, 0) is 45.7 Å². The van der Waals surface area contributed by atoms with Gasteiger partial charge in [-0.3, -0.25) is 0 Å². The zero-order valence-electron chi connectivity index (χ0n) is 11.1. The van der Waals surface area contributed by atoms with Gasteiger partial charge < -0.3 is 10.2 Å². The summed E-state index contributed by atoms with van der Waals surface area (Å²) in [6.45, 7) is 7.69. The average Bonchev–Trinajstić information content (AvgIpc) is 2.27. The van der Waals surface area contributed by atoms with E-state index in [-0.39, 0.29) is 0 Å². The zero-order chi connectivity index (χ0) is 12.7. The Hall–Kier alpha value is -0.130. The van der Waals surface area contributed by atoms with Gasteiger partial charge in [0.25, 0.3) is 0 Å². The van der Waals surface area contributed by atoms with Gasteiger partial charge in [0.2, 0.25) is 0 Å². The highest BCUT2D eigenvalue weighted by Gasteiger charge is 2.36. The van der Waals surface area contributed by atoms with Crippen molar-refractivity contribution in [3.63, 3.8) is 0 Å². The third-order valence-corrected chi connectivity index (χ3v) is 6.60. The number of hydrogen-bond donors (Lipinski definition) is 1. The Kier molecular flexibility index (Phi) is 3.54. The molecular weight excluding hydrogens is 236 g/mol. The lowest BCUT2D eigenvalue weighted by Gasteiger charge is -2.45. The van der Waals surface area contributed by atoms with Gasteiger partial charge in [0.05, 0.1) is 4.75 Å². The first-order chi connectivity index (χ1) is 7.79. The molecule has 1 unspecified atom stereocenters.